The Morgan fingerprint density at radius 2 is 2.36 bits per heavy atom. The number of hydrogen-bond acceptors (Lipinski definition) is 4. The smallest absolute Gasteiger partial charge is 0.269 e. The summed E-state index contributed by atoms with van der Waals surface area (Å²) in [5.74, 6) is 0.000833. The molecule has 1 aliphatic rings. The lowest BCUT2D eigenvalue weighted by molar-refractivity contribution is 0.0505. The van der Waals surface area contributed by atoms with Gasteiger partial charge in [0, 0.05) is 6.61 Å². The third kappa shape index (κ3) is 2.76. The van der Waals surface area contributed by atoms with Gasteiger partial charge in [-0.3, -0.25) is 4.18 Å². The Hall–Kier alpha value is -0.130. The lowest BCUT2D eigenvalue weighted by atomic mass is 10.3. The molecule has 0 aromatic heterocycles. The van der Waals surface area contributed by atoms with Crippen molar-refractivity contribution >= 4 is 10.1 Å². The molecule has 4 nitrogen and oxygen atoms in total. The molecular formula is C6H12O4S. The fourth-order valence-corrected chi connectivity index (χ4v) is 2.20. The first kappa shape index (κ1) is 8.96. The summed E-state index contributed by atoms with van der Waals surface area (Å²) in [6.45, 7) is 2.66. The zero-order valence-corrected chi connectivity index (χ0v) is 7.26. The molecule has 1 aliphatic heterocycles. The van der Waals surface area contributed by atoms with Gasteiger partial charge < -0.3 is 4.74 Å². The average Bonchev–Trinajstić information content (AvgIpc) is 1.85. The minimum atomic E-state index is -3.28. The number of ether oxygens (including phenoxy) is 1. The summed E-state index contributed by atoms with van der Waals surface area (Å²) in [7, 11) is -3.28. The maximum Gasteiger partial charge on any atom is 0.269 e. The van der Waals surface area contributed by atoms with Gasteiger partial charge in [-0.1, -0.05) is 0 Å². The van der Waals surface area contributed by atoms with Crippen LogP contribution in [0.5, 0.6) is 0 Å². The van der Waals surface area contributed by atoms with Gasteiger partial charge in [-0.15, -0.1) is 0 Å². The first-order valence-electron chi connectivity index (χ1n) is 3.63. The third-order valence-corrected chi connectivity index (χ3v) is 2.80. The predicted molar refractivity (Wildman–Crippen MR) is 39.8 cm³/mol. The molecule has 0 saturated carbocycles. The molecule has 0 aromatic rings. The van der Waals surface area contributed by atoms with Crippen LogP contribution in [0.25, 0.3) is 0 Å². The van der Waals surface area contributed by atoms with Crippen LogP contribution in [0, 0.1) is 0 Å². The van der Waals surface area contributed by atoms with Gasteiger partial charge in [0.05, 0.1) is 12.7 Å². The molecule has 11 heavy (non-hydrogen) atoms. The quantitative estimate of drug-likeness (QED) is 0.567. The van der Waals surface area contributed by atoms with Crippen molar-refractivity contribution in [3.05, 3.63) is 0 Å². The molecule has 1 unspecified atom stereocenters. The van der Waals surface area contributed by atoms with Crippen LogP contribution in [0.3, 0.4) is 0 Å². The van der Waals surface area contributed by atoms with Crippen LogP contribution >= 0.6 is 0 Å². The number of hydrogen-bond donors (Lipinski definition) is 0. The molecule has 0 spiro atoms. The van der Waals surface area contributed by atoms with Crippen LogP contribution in [-0.2, 0) is 19.0 Å². The van der Waals surface area contributed by atoms with Gasteiger partial charge >= 0.3 is 0 Å². The summed E-state index contributed by atoms with van der Waals surface area (Å²) < 4.78 is 31.4. The van der Waals surface area contributed by atoms with Crippen molar-refractivity contribution in [1.82, 2.24) is 0 Å². The lowest BCUT2D eigenvalue weighted by Gasteiger charge is -2.21. The largest absolute Gasteiger partial charge is 0.377 e. The Kier molecular flexibility index (Phi) is 2.86. The van der Waals surface area contributed by atoms with Gasteiger partial charge in [0.25, 0.3) is 10.1 Å². The van der Waals surface area contributed by atoms with E-state index < -0.39 is 10.1 Å². The molecular weight excluding hydrogens is 168 g/mol. The Morgan fingerprint density at radius 1 is 1.64 bits per heavy atom. The van der Waals surface area contributed by atoms with E-state index in [1.165, 1.54) is 0 Å². The molecule has 66 valence electrons. The summed E-state index contributed by atoms with van der Waals surface area (Å²) in [5.41, 5.74) is 0. The van der Waals surface area contributed by atoms with Crippen molar-refractivity contribution in [2.24, 2.45) is 0 Å². The van der Waals surface area contributed by atoms with Crippen molar-refractivity contribution in [3.63, 3.8) is 0 Å². The summed E-state index contributed by atoms with van der Waals surface area (Å²) in [6.07, 6.45) is 0.506. The van der Waals surface area contributed by atoms with Gasteiger partial charge in [0.1, 0.15) is 5.75 Å². The van der Waals surface area contributed by atoms with E-state index in [0.717, 1.165) is 0 Å². The maximum absolute atomic E-state index is 10.8. The molecule has 1 rings (SSSR count). The van der Waals surface area contributed by atoms with Gasteiger partial charge in [-0.25, -0.2) is 0 Å². The highest BCUT2D eigenvalue weighted by Crippen LogP contribution is 2.11. The highest BCUT2D eigenvalue weighted by Gasteiger charge is 2.25. The Labute approximate surface area is 66.6 Å². The van der Waals surface area contributed by atoms with Crippen LogP contribution in [-0.4, -0.2) is 33.5 Å². The molecule has 1 heterocycles. The molecule has 5 heteroatoms. The van der Waals surface area contributed by atoms with Crippen LogP contribution < -0.4 is 0 Å². The van der Waals surface area contributed by atoms with Crippen LogP contribution in [0.15, 0.2) is 0 Å². The molecule has 0 N–H and O–H groups in total. The molecule has 0 radical (unpaired) electrons. The predicted octanol–water partition coefficient (Wildman–Crippen LogP) is 0.142. The van der Waals surface area contributed by atoms with Gasteiger partial charge in [-0.05, 0) is 13.3 Å². The molecule has 0 aliphatic carbocycles. The maximum atomic E-state index is 10.8. The van der Waals surface area contributed by atoms with Gasteiger partial charge in [-0.2, -0.15) is 8.42 Å². The second-order valence-electron chi connectivity index (χ2n) is 2.41. The van der Waals surface area contributed by atoms with E-state index in [-0.39, 0.29) is 18.5 Å². The van der Waals surface area contributed by atoms with E-state index in [4.69, 9.17) is 4.74 Å². The Balaban J connectivity index is 2.47. The van der Waals surface area contributed by atoms with Crippen LogP contribution in [0.4, 0.5) is 0 Å². The van der Waals surface area contributed by atoms with Crippen LogP contribution in [0.1, 0.15) is 13.3 Å². The first-order chi connectivity index (χ1) is 5.14. The minimum Gasteiger partial charge on any atom is -0.377 e. The van der Waals surface area contributed by atoms with E-state index in [0.29, 0.717) is 13.0 Å². The average molecular weight is 180 g/mol. The monoisotopic (exact) mass is 180 g/mol. The van der Waals surface area contributed by atoms with Crippen molar-refractivity contribution in [1.29, 1.82) is 0 Å². The van der Waals surface area contributed by atoms with E-state index >= 15 is 0 Å². The lowest BCUT2D eigenvalue weighted by Crippen LogP contribution is -2.32. The topological polar surface area (TPSA) is 52.6 Å². The first-order valence-corrected chi connectivity index (χ1v) is 5.20. The molecule has 0 aromatic carbocycles. The number of rotatable bonds is 2. The molecule has 1 atom stereocenters. The summed E-state index contributed by atoms with van der Waals surface area (Å²) in [4.78, 5) is 0. The second-order valence-corrected chi connectivity index (χ2v) is 4.10. The fraction of sp³-hybridized carbons (Fsp3) is 1.00. The fourth-order valence-electron chi connectivity index (χ4n) is 1.03. The normalized spacial score (nSPS) is 30.1. The SMILES string of the molecule is CCOC1CCOS(=O)(=O)C1. The van der Waals surface area contributed by atoms with E-state index in [1.807, 2.05) is 6.92 Å². The van der Waals surface area contributed by atoms with Crippen LogP contribution in [0.2, 0.25) is 0 Å². The summed E-state index contributed by atoms with van der Waals surface area (Å²) >= 11 is 0. The molecule has 1 fully saturated rings. The Morgan fingerprint density at radius 3 is 2.91 bits per heavy atom. The molecule has 0 bridgehead atoms. The van der Waals surface area contributed by atoms with Crippen molar-refractivity contribution < 1.29 is 17.3 Å². The highest BCUT2D eigenvalue weighted by molar-refractivity contribution is 7.86. The van der Waals surface area contributed by atoms with E-state index in [9.17, 15) is 8.42 Å². The van der Waals surface area contributed by atoms with Gasteiger partial charge in [0.15, 0.2) is 0 Å². The zero-order valence-electron chi connectivity index (χ0n) is 6.45. The highest BCUT2D eigenvalue weighted by atomic mass is 32.2. The van der Waals surface area contributed by atoms with Crippen molar-refractivity contribution in [2.75, 3.05) is 19.0 Å². The van der Waals surface area contributed by atoms with E-state index in [2.05, 4.69) is 4.18 Å². The minimum absolute atomic E-state index is 0.000833. The summed E-state index contributed by atoms with van der Waals surface area (Å²) in [6, 6.07) is 0. The summed E-state index contributed by atoms with van der Waals surface area (Å²) in [5, 5.41) is 0. The standard InChI is InChI=1S/C6H12O4S/c1-2-9-6-3-4-10-11(7,8)5-6/h6H,2-5H2,1H3. The van der Waals surface area contributed by atoms with Crippen molar-refractivity contribution in [2.45, 2.75) is 19.4 Å². The second kappa shape index (κ2) is 3.51. The van der Waals surface area contributed by atoms with E-state index in [1.54, 1.807) is 0 Å². The van der Waals surface area contributed by atoms with Gasteiger partial charge in [0.2, 0.25) is 0 Å². The molecule has 1 saturated heterocycles. The molecule has 0 amide bonds. The zero-order chi connectivity index (χ0) is 8.32. The van der Waals surface area contributed by atoms with Crippen molar-refractivity contribution in [3.8, 4) is 0 Å². The third-order valence-electron chi connectivity index (χ3n) is 1.50. The Bertz CT molecular complexity index is 207.